The van der Waals surface area contributed by atoms with E-state index < -0.39 is 0 Å². The van der Waals surface area contributed by atoms with Crippen LogP contribution in [-0.4, -0.2) is 24.8 Å². The minimum atomic E-state index is -0.345. The molecule has 1 unspecified atom stereocenters. The highest BCUT2D eigenvalue weighted by atomic mass is 35.5. The Hall–Kier alpha value is -1.01. The van der Waals surface area contributed by atoms with E-state index in [1.165, 1.54) is 6.42 Å². The summed E-state index contributed by atoms with van der Waals surface area (Å²) >= 11 is 6.15. The first-order valence-corrected chi connectivity index (χ1v) is 10.4. The molecule has 4 nitrogen and oxygen atoms in total. The lowest BCUT2D eigenvalue weighted by molar-refractivity contribution is -0.199. The number of halogens is 1. The normalized spacial score (nSPS) is 35.1. The van der Waals surface area contributed by atoms with Gasteiger partial charge in [0.1, 0.15) is 5.58 Å². The van der Waals surface area contributed by atoms with Crippen LogP contribution in [0, 0.1) is 24.2 Å². The van der Waals surface area contributed by atoms with Gasteiger partial charge in [-0.1, -0.05) is 32.0 Å². The zero-order valence-electron chi connectivity index (χ0n) is 16.4. The van der Waals surface area contributed by atoms with Gasteiger partial charge in [-0.25, -0.2) is 4.84 Å². The van der Waals surface area contributed by atoms with Crippen LogP contribution in [0.15, 0.2) is 28.9 Å². The average Bonchev–Trinajstić information content (AvgIpc) is 3.20. The van der Waals surface area contributed by atoms with E-state index >= 15 is 0 Å². The van der Waals surface area contributed by atoms with Crippen molar-refractivity contribution in [1.29, 1.82) is 0 Å². The predicted molar refractivity (Wildman–Crippen MR) is 108 cm³/mol. The summed E-state index contributed by atoms with van der Waals surface area (Å²) in [5, 5.41) is 1.14. The second-order valence-corrected chi connectivity index (χ2v) is 9.69. The third kappa shape index (κ3) is 2.48. The van der Waals surface area contributed by atoms with E-state index in [4.69, 9.17) is 25.5 Å². The van der Waals surface area contributed by atoms with Crippen LogP contribution in [0.1, 0.15) is 44.7 Å². The van der Waals surface area contributed by atoms with Gasteiger partial charge >= 0.3 is 7.12 Å². The van der Waals surface area contributed by atoms with Crippen LogP contribution in [0.2, 0.25) is 0 Å². The summed E-state index contributed by atoms with van der Waals surface area (Å²) in [6.45, 7) is 9.05. The predicted octanol–water partition coefficient (Wildman–Crippen LogP) is 4.66. The Morgan fingerprint density at radius 1 is 1.30 bits per heavy atom. The fourth-order valence-electron chi connectivity index (χ4n) is 5.91. The van der Waals surface area contributed by atoms with E-state index in [0.29, 0.717) is 17.8 Å². The zero-order valence-corrected chi connectivity index (χ0v) is 17.2. The van der Waals surface area contributed by atoms with Gasteiger partial charge in [-0.2, -0.15) is 0 Å². The Balaban J connectivity index is 1.38. The minimum absolute atomic E-state index is 0.129. The summed E-state index contributed by atoms with van der Waals surface area (Å²) in [7, 11) is -0.345. The van der Waals surface area contributed by atoms with Gasteiger partial charge in [0, 0.05) is 5.39 Å². The van der Waals surface area contributed by atoms with Crippen molar-refractivity contribution in [2.24, 2.45) is 17.3 Å². The zero-order chi connectivity index (χ0) is 19.0. The van der Waals surface area contributed by atoms with E-state index in [0.717, 1.165) is 34.4 Å². The Bertz CT molecular complexity index is 883. The topological polar surface area (TPSA) is 43.6 Å². The van der Waals surface area contributed by atoms with Crippen LogP contribution >= 0.6 is 11.8 Å². The van der Waals surface area contributed by atoms with Gasteiger partial charge in [0.05, 0.1) is 23.9 Å². The molecule has 27 heavy (non-hydrogen) atoms. The van der Waals surface area contributed by atoms with Crippen molar-refractivity contribution in [2.75, 3.05) is 0 Å². The Morgan fingerprint density at radius 2 is 2.11 bits per heavy atom. The maximum Gasteiger partial charge on any atom is 0.477 e. The number of nitrogens with one attached hydrogen (secondary N) is 1. The summed E-state index contributed by atoms with van der Waals surface area (Å²) in [5.74, 6) is 1.16. The van der Waals surface area contributed by atoms with Crippen molar-refractivity contribution in [3.63, 3.8) is 0 Å². The number of benzene rings is 1. The lowest BCUT2D eigenvalue weighted by Gasteiger charge is -2.64. The lowest BCUT2D eigenvalue weighted by Crippen LogP contribution is -2.65. The SMILES string of the molecule is Cc1cccc2c(C[C@H](NCl)B3OC4C[C@@H]5C[C@@H](C5(C)C)[C@]4(C)O3)coc12. The van der Waals surface area contributed by atoms with Crippen molar-refractivity contribution < 1.29 is 13.7 Å². The molecule has 1 saturated heterocycles. The number of fused-ring (bicyclic) bond motifs is 1. The monoisotopic (exact) mass is 387 g/mol. The molecule has 1 aromatic carbocycles. The minimum Gasteiger partial charge on any atom is -0.464 e. The molecule has 1 aromatic heterocycles. The van der Waals surface area contributed by atoms with Crippen molar-refractivity contribution >= 4 is 29.9 Å². The molecule has 0 spiro atoms. The fourth-order valence-corrected chi connectivity index (χ4v) is 6.09. The van der Waals surface area contributed by atoms with E-state index in [1.807, 2.05) is 6.26 Å². The highest BCUT2D eigenvalue weighted by molar-refractivity contribution is 6.48. The average molecular weight is 388 g/mol. The summed E-state index contributed by atoms with van der Waals surface area (Å²) in [5.41, 5.74) is 3.33. The molecule has 2 heterocycles. The first-order chi connectivity index (χ1) is 12.8. The van der Waals surface area contributed by atoms with E-state index in [-0.39, 0.29) is 24.8 Å². The van der Waals surface area contributed by atoms with Gasteiger partial charge in [-0.3, -0.25) is 0 Å². The van der Waals surface area contributed by atoms with Gasteiger partial charge in [0.25, 0.3) is 0 Å². The van der Waals surface area contributed by atoms with Crippen LogP contribution in [0.4, 0.5) is 0 Å². The lowest BCUT2D eigenvalue weighted by atomic mass is 9.43. The largest absolute Gasteiger partial charge is 0.477 e. The molecule has 6 rings (SSSR count). The molecule has 2 bridgehead atoms. The number of para-hydroxylation sites is 1. The molecule has 0 amide bonds. The molecule has 3 saturated carbocycles. The molecular weight excluding hydrogens is 361 g/mol. The second kappa shape index (κ2) is 5.99. The molecule has 2 aromatic rings. The van der Waals surface area contributed by atoms with Crippen molar-refractivity contribution in [3.8, 4) is 0 Å². The van der Waals surface area contributed by atoms with Gasteiger partial charge in [0.15, 0.2) is 0 Å². The maximum absolute atomic E-state index is 6.58. The molecule has 5 atom stereocenters. The molecule has 4 fully saturated rings. The third-order valence-electron chi connectivity index (χ3n) is 7.75. The quantitative estimate of drug-likeness (QED) is 0.612. The number of hydrogen-bond donors (Lipinski definition) is 1. The Morgan fingerprint density at radius 3 is 2.85 bits per heavy atom. The van der Waals surface area contributed by atoms with Crippen LogP contribution in [0.5, 0.6) is 0 Å². The van der Waals surface area contributed by atoms with Crippen LogP contribution in [0.25, 0.3) is 11.0 Å². The number of rotatable bonds is 4. The summed E-state index contributed by atoms with van der Waals surface area (Å²) in [4.78, 5) is 2.92. The summed E-state index contributed by atoms with van der Waals surface area (Å²) in [6.07, 6.45) is 5.03. The summed E-state index contributed by atoms with van der Waals surface area (Å²) in [6, 6.07) is 6.23. The van der Waals surface area contributed by atoms with Crippen LogP contribution in [0.3, 0.4) is 0 Å². The van der Waals surface area contributed by atoms with Crippen LogP contribution < -0.4 is 4.84 Å². The molecule has 1 aliphatic heterocycles. The molecule has 4 aliphatic rings. The number of furan rings is 1. The van der Waals surface area contributed by atoms with E-state index in [2.05, 4.69) is 50.7 Å². The van der Waals surface area contributed by atoms with Crippen molar-refractivity contribution in [3.05, 3.63) is 35.6 Å². The second-order valence-electron chi connectivity index (χ2n) is 9.47. The van der Waals surface area contributed by atoms with Gasteiger partial charge in [-0.15, -0.1) is 0 Å². The smallest absolute Gasteiger partial charge is 0.464 e. The molecule has 6 heteroatoms. The molecular formula is C21H27BClNO3. The summed E-state index contributed by atoms with van der Waals surface area (Å²) < 4.78 is 18.8. The fraction of sp³-hybridized carbons (Fsp3) is 0.619. The van der Waals surface area contributed by atoms with Gasteiger partial charge in [-0.05, 0) is 73.3 Å². The number of aryl methyl sites for hydroxylation is 1. The van der Waals surface area contributed by atoms with E-state index in [9.17, 15) is 0 Å². The highest BCUT2D eigenvalue weighted by Gasteiger charge is 2.68. The third-order valence-corrected chi connectivity index (χ3v) is 8.03. The van der Waals surface area contributed by atoms with Crippen molar-refractivity contribution in [1.82, 2.24) is 4.84 Å². The van der Waals surface area contributed by atoms with Gasteiger partial charge < -0.3 is 13.7 Å². The molecule has 144 valence electrons. The Labute approximate surface area is 166 Å². The first kappa shape index (κ1) is 18.1. The van der Waals surface area contributed by atoms with Gasteiger partial charge in [0.2, 0.25) is 0 Å². The first-order valence-electron chi connectivity index (χ1n) is 9.99. The highest BCUT2D eigenvalue weighted by Crippen LogP contribution is 2.65. The molecule has 0 radical (unpaired) electrons. The Kier molecular flexibility index (Phi) is 4.01. The standard InChI is InChI=1S/C21H27BClNO3/c1-12-6-5-7-15-13(11-25-19(12)15)8-18(24-23)22-26-17-10-14-9-16(20(14,2)3)21(17,4)27-22/h5-7,11,14,16-18,24H,8-10H2,1-4H3/t14-,16-,17?,18-,21-/m0/s1. The van der Waals surface area contributed by atoms with E-state index in [1.54, 1.807) is 0 Å². The molecule has 3 aliphatic carbocycles. The van der Waals surface area contributed by atoms with Crippen LogP contribution in [-0.2, 0) is 15.7 Å². The maximum atomic E-state index is 6.58. The van der Waals surface area contributed by atoms with Crippen molar-refractivity contribution in [2.45, 2.75) is 64.6 Å². The number of hydrogen-bond acceptors (Lipinski definition) is 4. The molecule has 1 N–H and O–H groups in total.